The molecule has 1 aliphatic rings. The zero-order valence-electron chi connectivity index (χ0n) is 17.5. The van der Waals surface area contributed by atoms with Gasteiger partial charge in [-0.3, -0.25) is 0 Å². The summed E-state index contributed by atoms with van der Waals surface area (Å²) in [6.45, 7) is 6.92. The highest BCUT2D eigenvalue weighted by atomic mass is 15.3. The molecule has 0 aliphatic carbocycles. The van der Waals surface area contributed by atoms with Gasteiger partial charge in [-0.05, 0) is 62.0 Å². The smallest absolute Gasteiger partial charge is 0.131 e. The summed E-state index contributed by atoms with van der Waals surface area (Å²) in [6.07, 6.45) is 3.88. The van der Waals surface area contributed by atoms with Crippen LogP contribution in [0.5, 0.6) is 0 Å². The number of nitrogens with zero attached hydrogens (tertiary/aromatic N) is 5. The van der Waals surface area contributed by atoms with Gasteiger partial charge in [0.05, 0.1) is 0 Å². The van der Waals surface area contributed by atoms with E-state index in [2.05, 4.69) is 83.2 Å². The molecule has 150 valence electrons. The van der Waals surface area contributed by atoms with Crippen molar-refractivity contribution in [3.63, 3.8) is 0 Å². The minimum atomic E-state index is 0.944. The SMILES string of the molecule is Cc1cccnc1N1CCN(c2ccc(-c3cccc(CN(C)C)c3)cn2)CC1. The lowest BCUT2D eigenvalue weighted by Crippen LogP contribution is -2.47. The van der Waals surface area contributed by atoms with E-state index in [1.165, 1.54) is 16.7 Å². The molecule has 0 unspecified atom stereocenters. The van der Waals surface area contributed by atoms with E-state index in [4.69, 9.17) is 4.98 Å². The van der Waals surface area contributed by atoms with Gasteiger partial charge in [-0.1, -0.05) is 24.3 Å². The van der Waals surface area contributed by atoms with Crippen molar-refractivity contribution in [3.05, 3.63) is 72.1 Å². The lowest BCUT2D eigenvalue weighted by atomic mass is 10.0. The molecular weight excluding hydrogens is 358 g/mol. The van der Waals surface area contributed by atoms with Crippen molar-refractivity contribution in [2.24, 2.45) is 0 Å². The Morgan fingerprint density at radius 3 is 2.34 bits per heavy atom. The summed E-state index contributed by atoms with van der Waals surface area (Å²) < 4.78 is 0. The number of hydrogen-bond acceptors (Lipinski definition) is 5. The molecule has 0 N–H and O–H groups in total. The first-order valence-electron chi connectivity index (χ1n) is 10.2. The molecule has 5 heteroatoms. The Balaban J connectivity index is 1.42. The molecule has 0 spiro atoms. The number of hydrogen-bond donors (Lipinski definition) is 0. The minimum Gasteiger partial charge on any atom is -0.353 e. The molecule has 0 bridgehead atoms. The maximum atomic E-state index is 4.77. The van der Waals surface area contributed by atoms with Crippen LogP contribution in [0.4, 0.5) is 11.6 Å². The van der Waals surface area contributed by atoms with Crippen molar-refractivity contribution in [1.82, 2.24) is 14.9 Å². The Hall–Kier alpha value is -2.92. The summed E-state index contributed by atoms with van der Waals surface area (Å²) in [5, 5.41) is 0. The average Bonchev–Trinajstić information content (AvgIpc) is 2.74. The van der Waals surface area contributed by atoms with Crippen LogP contribution >= 0.6 is 0 Å². The third-order valence-electron chi connectivity index (χ3n) is 5.39. The van der Waals surface area contributed by atoms with Crippen LogP contribution in [0.15, 0.2) is 60.9 Å². The minimum absolute atomic E-state index is 0.944. The van der Waals surface area contributed by atoms with Gasteiger partial charge in [-0.15, -0.1) is 0 Å². The first-order valence-corrected chi connectivity index (χ1v) is 10.2. The number of pyridine rings is 2. The van der Waals surface area contributed by atoms with Gasteiger partial charge in [0, 0.05) is 50.7 Å². The summed E-state index contributed by atoms with van der Waals surface area (Å²) in [5.41, 5.74) is 4.94. The Kier molecular flexibility index (Phi) is 5.76. The molecule has 0 atom stereocenters. The van der Waals surface area contributed by atoms with Crippen molar-refractivity contribution >= 4 is 11.6 Å². The lowest BCUT2D eigenvalue weighted by Gasteiger charge is -2.36. The molecule has 5 nitrogen and oxygen atoms in total. The molecule has 1 fully saturated rings. The quantitative estimate of drug-likeness (QED) is 0.665. The molecule has 1 aliphatic heterocycles. The maximum absolute atomic E-state index is 4.77. The van der Waals surface area contributed by atoms with Gasteiger partial charge in [-0.2, -0.15) is 0 Å². The molecule has 0 amide bonds. The maximum Gasteiger partial charge on any atom is 0.131 e. The van der Waals surface area contributed by atoms with Crippen LogP contribution in [0.2, 0.25) is 0 Å². The predicted molar refractivity (Wildman–Crippen MR) is 120 cm³/mol. The molecule has 29 heavy (non-hydrogen) atoms. The molecule has 4 rings (SSSR count). The fraction of sp³-hybridized carbons (Fsp3) is 0.333. The third-order valence-corrected chi connectivity index (χ3v) is 5.39. The second kappa shape index (κ2) is 8.62. The Morgan fingerprint density at radius 1 is 0.862 bits per heavy atom. The van der Waals surface area contributed by atoms with Crippen molar-refractivity contribution in [1.29, 1.82) is 0 Å². The van der Waals surface area contributed by atoms with E-state index in [1.54, 1.807) is 0 Å². The first kappa shape index (κ1) is 19.4. The van der Waals surface area contributed by atoms with E-state index >= 15 is 0 Å². The Bertz CT molecular complexity index is 943. The van der Waals surface area contributed by atoms with Crippen LogP contribution in [0.3, 0.4) is 0 Å². The fourth-order valence-corrected chi connectivity index (χ4v) is 3.91. The number of benzene rings is 1. The van der Waals surface area contributed by atoms with Crippen molar-refractivity contribution < 1.29 is 0 Å². The van der Waals surface area contributed by atoms with Gasteiger partial charge < -0.3 is 14.7 Å². The molecule has 1 aromatic carbocycles. The highest BCUT2D eigenvalue weighted by Gasteiger charge is 2.20. The second-order valence-electron chi connectivity index (χ2n) is 7.96. The Labute approximate surface area is 173 Å². The van der Waals surface area contributed by atoms with E-state index in [1.807, 2.05) is 18.5 Å². The van der Waals surface area contributed by atoms with Crippen LogP contribution in [-0.4, -0.2) is 55.1 Å². The number of aromatic nitrogens is 2. The van der Waals surface area contributed by atoms with Crippen LogP contribution in [0, 0.1) is 6.92 Å². The highest BCUT2D eigenvalue weighted by molar-refractivity contribution is 5.64. The zero-order valence-corrected chi connectivity index (χ0v) is 17.5. The topological polar surface area (TPSA) is 35.5 Å². The van der Waals surface area contributed by atoms with E-state index in [-0.39, 0.29) is 0 Å². The van der Waals surface area contributed by atoms with Crippen LogP contribution in [0.25, 0.3) is 11.1 Å². The van der Waals surface area contributed by atoms with E-state index in [0.717, 1.165) is 49.9 Å². The van der Waals surface area contributed by atoms with Gasteiger partial charge in [0.15, 0.2) is 0 Å². The van der Waals surface area contributed by atoms with Crippen LogP contribution < -0.4 is 9.80 Å². The molecule has 2 aromatic heterocycles. The zero-order chi connectivity index (χ0) is 20.2. The first-order chi connectivity index (χ1) is 14.1. The van der Waals surface area contributed by atoms with E-state index in [0.29, 0.717) is 0 Å². The molecule has 0 saturated carbocycles. The van der Waals surface area contributed by atoms with Crippen molar-refractivity contribution in [2.75, 3.05) is 50.1 Å². The summed E-state index contributed by atoms with van der Waals surface area (Å²) >= 11 is 0. The largest absolute Gasteiger partial charge is 0.353 e. The summed E-state index contributed by atoms with van der Waals surface area (Å²) in [4.78, 5) is 16.2. The van der Waals surface area contributed by atoms with Crippen LogP contribution in [-0.2, 0) is 6.54 Å². The van der Waals surface area contributed by atoms with Crippen molar-refractivity contribution in [2.45, 2.75) is 13.5 Å². The van der Waals surface area contributed by atoms with Gasteiger partial charge in [0.2, 0.25) is 0 Å². The van der Waals surface area contributed by atoms with Gasteiger partial charge in [-0.25, -0.2) is 9.97 Å². The number of anilines is 2. The number of aryl methyl sites for hydroxylation is 1. The highest BCUT2D eigenvalue weighted by Crippen LogP contribution is 2.24. The normalized spacial score (nSPS) is 14.5. The molecule has 1 saturated heterocycles. The number of rotatable bonds is 5. The van der Waals surface area contributed by atoms with E-state index < -0.39 is 0 Å². The van der Waals surface area contributed by atoms with E-state index in [9.17, 15) is 0 Å². The predicted octanol–water partition coefficient (Wildman–Crippen LogP) is 3.84. The standard InChI is InChI=1S/C24H29N5/c1-19-6-5-11-25-24(19)29-14-12-28(13-15-29)23-10-9-22(17-26-23)21-8-4-7-20(16-21)18-27(2)3/h4-11,16-17H,12-15,18H2,1-3H3. The fourth-order valence-electron chi connectivity index (χ4n) is 3.91. The molecule has 3 heterocycles. The summed E-state index contributed by atoms with van der Waals surface area (Å²) in [5.74, 6) is 2.16. The van der Waals surface area contributed by atoms with Crippen molar-refractivity contribution in [3.8, 4) is 11.1 Å². The average molecular weight is 388 g/mol. The number of piperazine rings is 1. The Morgan fingerprint density at radius 2 is 1.66 bits per heavy atom. The summed E-state index contributed by atoms with van der Waals surface area (Å²) in [7, 11) is 4.19. The molecule has 3 aromatic rings. The summed E-state index contributed by atoms with van der Waals surface area (Å²) in [6, 6.07) is 17.2. The third kappa shape index (κ3) is 4.57. The second-order valence-corrected chi connectivity index (χ2v) is 7.96. The molecule has 0 radical (unpaired) electrons. The van der Waals surface area contributed by atoms with Gasteiger partial charge in [0.1, 0.15) is 11.6 Å². The van der Waals surface area contributed by atoms with Gasteiger partial charge in [0.25, 0.3) is 0 Å². The lowest BCUT2D eigenvalue weighted by molar-refractivity contribution is 0.402. The van der Waals surface area contributed by atoms with Gasteiger partial charge >= 0.3 is 0 Å². The monoisotopic (exact) mass is 387 g/mol. The van der Waals surface area contributed by atoms with Crippen LogP contribution in [0.1, 0.15) is 11.1 Å². The molecular formula is C24H29N5.